The molecule has 3 fully saturated rings. The van der Waals surface area contributed by atoms with E-state index in [2.05, 4.69) is 96.1 Å². The smallest absolute Gasteiger partial charge is 0.0352 e. The molecule has 0 amide bonds. The fraction of sp³-hybridized carbons (Fsp3) is 0.938. The molecular formula is C32H64. The molecule has 0 nitrogen and oxygen atoms in total. The molecule has 0 radical (unpaired) electrons. The Kier molecular flexibility index (Phi) is 16.2. The lowest BCUT2D eigenvalue weighted by atomic mass is 9.60. The Labute approximate surface area is 205 Å². The molecule has 3 atom stereocenters. The van der Waals surface area contributed by atoms with Crippen LogP contribution in [0.5, 0.6) is 0 Å². The van der Waals surface area contributed by atoms with E-state index in [9.17, 15) is 0 Å². The summed E-state index contributed by atoms with van der Waals surface area (Å²) in [4.78, 5) is 0. The van der Waals surface area contributed by atoms with E-state index in [4.69, 9.17) is 0 Å². The van der Waals surface area contributed by atoms with Crippen LogP contribution in [0.1, 0.15) is 135 Å². The van der Waals surface area contributed by atoms with Gasteiger partial charge in [-0.3, -0.25) is 0 Å². The summed E-state index contributed by atoms with van der Waals surface area (Å²) in [5.74, 6) is 9.84. The van der Waals surface area contributed by atoms with Crippen LogP contribution < -0.4 is 0 Å². The van der Waals surface area contributed by atoms with Crippen LogP contribution in [0.2, 0.25) is 0 Å². The third kappa shape index (κ3) is 12.3. The summed E-state index contributed by atoms with van der Waals surface area (Å²) in [7, 11) is 0. The average Bonchev–Trinajstić information content (AvgIpc) is 2.74. The molecule has 3 rings (SSSR count). The van der Waals surface area contributed by atoms with E-state index in [1.54, 1.807) is 0 Å². The van der Waals surface area contributed by atoms with Crippen molar-refractivity contribution in [1.29, 1.82) is 0 Å². The van der Waals surface area contributed by atoms with Gasteiger partial charge in [-0.05, 0) is 105 Å². The van der Waals surface area contributed by atoms with Crippen LogP contribution in [-0.2, 0) is 0 Å². The van der Waals surface area contributed by atoms with Gasteiger partial charge in [0, 0.05) is 0 Å². The Morgan fingerprint density at radius 3 is 1.16 bits per heavy atom. The molecule has 0 aromatic heterocycles. The van der Waals surface area contributed by atoms with Crippen LogP contribution in [0.25, 0.3) is 0 Å². The van der Waals surface area contributed by atoms with Gasteiger partial charge in [-0.1, -0.05) is 101 Å². The highest BCUT2D eigenvalue weighted by Gasteiger charge is 2.38. The summed E-state index contributed by atoms with van der Waals surface area (Å²) < 4.78 is 0. The van der Waals surface area contributed by atoms with Crippen molar-refractivity contribution in [1.82, 2.24) is 0 Å². The monoisotopic (exact) mass is 449 g/mol. The molecule has 0 bridgehead atoms. The van der Waals surface area contributed by atoms with Gasteiger partial charge in [-0.25, -0.2) is 0 Å². The van der Waals surface area contributed by atoms with Crippen LogP contribution in [-0.4, -0.2) is 0 Å². The fourth-order valence-corrected chi connectivity index (χ4v) is 6.14. The Morgan fingerprint density at radius 1 is 0.562 bits per heavy atom. The van der Waals surface area contributed by atoms with Crippen molar-refractivity contribution in [3.05, 3.63) is 11.6 Å². The van der Waals surface area contributed by atoms with Crippen LogP contribution in [0.3, 0.4) is 0 Å². The minimum absolute atomic E-state index is 0.977. The zero-order valence-electron chi connectivity index (χ0n) is 24.8. The summed E-state index contributed by atoms with van der Waals surface area (Å²) in [5, 5.41) is 0. The predicted molar refractivity (Wildman–Crippen MR) is 149 cm³/mol. The standard InChI is InChI=1S/2C9H18.C8H16.C6H12/c1-7-4-8(2)6-9(3)5-7;1-7-4-5-8(2)9(3)6-7;1-5-6(2)8(4)7(5)3;1-4-6(3)5-2/h2*7-9H,4-6H2,1-3H3;5-8H,1-4H3;4H,5H2,1-3H3/b;;;6-4-. The largest absolute Gasteiger partial charge is 0.0887 e. The molecule has 192 valence electrons. The highest BCUT2D eigenvalue weighted by molar-refractivity contribution is 4.93. The molecule has 0 spiro atoms. The quantitative estimate of drug-likeness (QED) is 0.350. The molecule has 0 heteroatoms. The highest BCUT2D eigenvalue weighted by Crippen LogP contribution is 2.44. The van der Waals surface area contributed by atoms with E-state index in [1.807, 2.05) is 0 Å². The molecule has 0 aliphatic heterocycles. The molecule has 32 heavy (non-hydrogen) atoms. The van der Waals surface area contributed by atoms with Crippen molar-refractivity contribution in [2.75, 3.05) is 0 Å². The first kappa shape index (κ1) is 31.7. The second-order valence-electron chi connectivity index (χ2n) is 12.8. The van der Waals surface area contributed by atoms with E-state index >= 15 is 0 Å². The molecule has 0 aromatic rings. The second kappa shape index (κ2) is 16.4. The summed E-state index contributed by atoms with van der Waals surface area (Å²) in [5.41, 5.74) is 1.47. The topological polar surface area (TPSA) is 0 Å². The maximum Gasteiger partial charge on any atom is -0.0352 e. The van der Waals surface area contributed by atoms with Gasteiger partial charge >= 0.3 is 0 Å². The minimum atomic E-state index is 0.977. The van der Waals surface area contributed by atoms with Gasteiger partial charge in [0.1, 0.15) is 0 Å². The lowest BCUT2D eigenvalue weighted by Gasteiger charge is -2.45. The average molecular weight is 449 g/mol. The number of rotatable bonds is 1. The zero-order chi connectivity index (χ0) is 25.0. The molecule has 0 N–H and O–H groups in total. The Bertz CT molecular complexity index is 431. The Hall–Kier alpha value is -0.260. The molecule has 3 saturated carbocycles. The molecule has 0 aromatic carbocycles. The summed E-state index contributed by atoms with van der Waals surface area (Å²) in [6.45, 7) is 30.1. The molecular weight excluding hydrogens is 384 g/mol. The second-order valence-corrected chi connectivity index (χ2v) is 12.8. The summed E-state index contributed by atoms with van der Waals surface area (Å²) >= 11 is 0. The van der Waals surface area contributed by atoms with E-state index in [-0.39, 0.29) is 0 Å². The maximum atomic E-state index is 2.39. The van der Waals surface area contributed by atoms with Gasteiger partial charge in [0.05, 0.1) is 0 Å². The van der Waals surface area contributed by atoms with E-state index < -0.39 is 0 Å². The van der Waals surface area contributed by atoms with Crippen molar-refractivity contribution in [2.45, 2.75) is 135 Å². The third-order valence-corrected chi connectivity index (χ3v) is 9.64. The zero-order valence-corrected chi connectivity index (χ0v) is 24.8. The van der Waals surface area contributed by atoms with Gasteiger partial charge in [0.2, 0.25) is 0 Å². The van der Waals surface area contributed by atoms with Crippen molar-refractivity contribution < 1.29 is 0 Å². The van der Waals surface area contributed by atoms with Crippen LogP contribution in [0, 0.1) is 59.2 Å². The number of hydrogen-bond donors (Lipinski definition) is 0. The molecule has 0 heterocycles. The Balaban J connectivity index is 0.000000406. The predicted octanol–water partition coefficient (Wildman–Crippen LogP) is 11.1. The first-order chi connectivity index (χ1) is 14.8. The maximum absolute atomic E-state index is 2.39. The third-order valence-electron chi connectivity index (χ3n) is 9.64. The SMILES string of the molecule is C/C=C(/C)CC.CC1C(C)C(C)C1C.CC1CC(C)CC(C)C1.CC1CCC(C)C(C)C1. The van der Waals surface area contributed by atoms with Crippen molar-refractivity contribution >= 4 is 0 Å². The molecule has 3 unspecified atom stereocenters. The van der Waals surface area contributed by atoms with E-state index in [0.717, 1.165) is 59.2 Å². The van der Waals surface area contributed by atoms with Gasteiger partial charge in [0.15, 0.2) is 0 Å². The lowest BCUT2D eigenvalue weighted by Crippen LogP contribution is -2.39. The Morgan fingerprint density at radius 2 is 0.938 bits per heavy atom. The summed E-state index contributed by atoms with van der Waals surface area (Å²) in [6, 6.07) is 0. The van der Waals surface area contributed by atoms with Crippen LogP contribution >= 0.6 is 0 Å². The molecule has 3 aliphatic rings. The van der Waals surface area contributed by atoms with Gasteiger partial charge in [0.25, 0.3) is 0 Å². The number of allylic oxidation sites excluding steroid dienone is 2. The summed E-state index contributed by atoms with van der Waals surface area (Å²) in [6.07, 6.45) is 12.1. The van der Waals surface area contributed by atoms with E-state index in [0.29, 0.717) is 0 Å². The van der Waals surface area contributed by atoms with Crippen molar-refractivity contribution in [2.24, 2.45) is 59.2 Å². The van der Waals surface area contributed by atoms with Crippen molar-refractivity contribution in [3.63, 3.8) is 0 Å². The van der Waals surface area contributed by atoms with Crippen LogP contribution in [0.4, 0.5) is 0 Å². The minimum Gasteiger partial charge on any atom is -0.0887 e. The lowest BCUT2D eigenvalue weighted by molar-refractivity contribution is 0.0302. The van der Waals surface area contributed by atoms with Crippen LogP contribution in [0.15, 0.2) is 11.6 Å². The van der Waals surface area contributed by atoms with Crippen molar-refractivity contribution in [3.8, 4) is 0 Å². The number of hydrogen-bond acceptors (Lipinski definition) is 0. The van der Waals surface area contributed by atoms with Gasteiger partial charge < -0.3 is 0 Å². The van der Waals surface area contributed by atoms with E-state index in [1.165, 1.54) is 50.5 Å². The molecule has 3 aliphatic carbocycles. The highest BCUT2D eigenvalue weighted by atomic mass is 14.4. The first-order valence-electron chi connectivity index (χ1n) is 14.4. The fourth-order valence-electron chi connectivity index (χ4n) is 6.14. The first-order valence-corrected chi connectivity index (χ1v) is 14.4. The normalized spacial score (nSPS) is 41.5. The van der Waals surface area contributed by atoms with Gasteiger partial charge in [-0.2, -0.15) is 0 Å². The molecule has 0 saturated heterocycles. The van der Waals surface area contributed by atoms with Gasteiger partial charge in [-0.15, -0.1) is 0 Å².